The van der Waals surface area contributed by atoms with E-state index in [4.69, 9.17) is 33.3 Å². The van der Waals surface area contributed by atoms with Crippen molar-refractivity contribution in [2.75, 3.05) is 4.90 Å². The van der Waals surface area contributed by atoms with Crippen molar-refractivity contribution in [1.29, 1.82) is 0 Å². The lowest BCUT2D eigenvalue weighted by atomic mass is 10.1. The highest BCUT2D eigenvalue weighted by Crippen LogP contribution is 2.29. The summed E-state index contributed by atoms with van der Waals surface area (Å²) in [5, 5.41) is 11.7. The third-order valence-electron chi connectivity index (χ3n) is 4.96. The van der Waals surface area contributed by atoms with Crippen LogP contribution in [0.2, 0.25) is 5.02 Å². The molecule has 1 aromatic heterocycles. The molecular formula is C24H17ClN2O5S. The van der Waals surface area contributed by atoms with Gasteiger partial charge in [-0.1, -0.05) is 23.7 Å². The van der Waals surface area contributed by atoms with E-state index in [2.05, 4.69) is 5.32 Å². The smallest absolute Gasteiger partial charge is 0.337 e. The largest absolute Gasteiger partial charge is 0.478 e. The molecule has 0 atom stereocenters. The highest BCUT2D eigenvalue weighted by molar-refractivity contribution is 7.80. The van der Waals surface area contributed by atoms with Gasteiger partial charge in [0, 0.05) is 5.56 Å². The summed E-state index contributed by atoms with van der Waals surface area (Å²) in [6, 6.07) is 13.2. The molecule has 0 unspecified atom stereocenters. The zero-order valence-corrected chi connectivity index (χ0v) is 19.1. The minimum atomic E-state index is -1.13. The predicted molar refractivity (Wildman–Crippen MR) is 128 cm³/mol. The summed E-state index contributed by atoms with van der Waals surface area (Å²) in [6.07, 6.45) is 1.34. The van der Waals surface area contributed by atoms with Crippen LogP contribution in [0.15, 0.2) is 58.5 Å². The van der Waals surface area contributed by atoms with Crippen molar-refractivity contribution in [1.82, 2.24) is 5.32 Å². The van der Waals surface area contributed by atoms with Gasteiger partial charge in [-0.25, -0.2) is 4.79 Å². The van der Waals surface area contributed by atoms with Gasteiger partial charge < -0.3 is 9.52 Å². The number of halogens is 1. The maximum Gasteiger partial charge on any atom is 0.337 e. The van der Waals surface area contributed by atoms with Gasteiger partial charge >= 0.3 is 5.97 Å². The number of nitrogens with one attached hydrogen (secondary N) is 1. The summed E-state index contributed by atoms with van der Waals surface area (Å²) in [7, 11) is 0. The van der Waals surface area contributed by atoms with Crippen LogP contribution in [0.25, 0.3) is 17.4 Å². The maximum atomic E-state index is 13.2. The molecular weight excluding hydrogens is 464 g/mol. The number of hydrogen-bond acceptors (Lipinski definition) is 5. The van der Waals surface area contributed by atoms with Crippen LogP contribution in [-0.4, -0.2) is 28.0 Å². The molecule has 1 aliphatic rings. The average molecular weight is 481 g/mol. The maximum absolute atomic E-state index is 13.2. The molecule has 3 aromatic rings. The highest BCUT2D eigenvalue weighted by atomic mass is 35.5. The molecule has 1 aliphatic heterocycles. The molecule has 2 aromatic carbocycles. The fourth-order valence-corrected chi connectivity index (χ4v) is 4.08. The van der Waals surface area contributed by atoms with Crippen LogP contribution in [0.5, 0.6) is 0 Å². The van der Waals surface area contributed by atoms with E-state index < -0.39 is 17.8 Å². The Hall–Kier alpha value is -3.75. The van der Waals surface area contributed by atoms with E-state index in [1.807, 2.05) is 32.0 Å². The third kappa shape index (κ3) is 4.44. The molecule has 1 saturated heterocycles. The van der Waals surface area contributed by atoms with Crippen molar-refractivity contribution in [3.05, 3.63) is 81.6 Å². The number of amides is 2. The second-order valence-electron chi connectivity index (χ2n) is 7.51. The summed E-state index contributed by atoms with van der Waals surface area (Å²) in [6.45, 7) is 3.81. The minimum Gasteiger partial charge on any atom is -0.478 e. The number of carboxylic acids is 1. The Labute approximate surface area is 199 Å². The van der Waals surface area contributed by atoms with Crippen molar-refractivity contribution in [2.45, 2.75) is 13.8 Å². The number of aryl methyl sites for hydroxylation is 2. The number of rotatable bonds is 4. The van der Waals surface area contributed by atoms with E-state index in [0.717, 1.165) is 11.1 Å². The number of aromatic carboxylic acids is 1. The van der Waals surface area contributed by atoms with Crippen LogP contribution >= 0.6 is 23.8 Å². The molecule has 0 spiro atoms. The zero-order chi connectivity index (χ0) is 23.9. The Morgan fingerprint density at radius 1 is 1.09 bits per heavy atom. The van der Waals surface area contributed by atoms with Crippen LogP contribution < -0.4 is 10.2 Å². The monoisotopic (exact) mass is 480 g/mol. The van der Waals surface area contributed by atoms with Crippen molar-refractivity contribution in [3.8, 4) is 11.3 Å². The number of thiocarbonyl (C=S) groups is 1. The van der Waals surface area contributed by atoms with Gasteiger partial charge in [-0.3, -0.25) is 19.8 Å². The SMILES string of the molecule is Cc1cc(C)cc(N2C(=O)/C(=C/c3ccc(-c4ccc(C(=O)O)c(Cl)c4)o3)C(=O)NC2=S)c1. The molecule has 0 saturated carbocycles. The van der Waals surface area contributed by atoms with Crippen LogP contribution in [0.3, 0.4) is 0 Å². The first-order valence-corrected chi connectivity index (χ1v) is 10.6. The van der Waals surface area contributed by atoms with Gasteiger partial charge in [0.2, 0.25) is 0 Å². The standard InChI is InChI=1S/C24H17ClN2O5S/c1-12-7-13(2)9-15(8-12)27-22(29)18(21(28)26-24(27)33)11-16-4-6-20(32-16)14-3-5-17(23(30)31)19(25)10-14/h3-11H,1-2H3,(H,30,31)(H,26,28,33)/b18-11+. The van der Waals surface area contributed by atoms with E-state index in [0.29, 0.717) is 17.0 Å². The molecule has 0 bridgehead atoms. The Morgan fingerprint density at radius 3 is 2.42 bits per heavy atom. The fraction of sp³-hybridized carbons (Fsp3) is 0.0833. The molecule has 9 heteroatoms. The molecule has 2 heterocycles. The molecule has 2 N–H and O–H groups in total. The van der Waals surface area contributed by atoms with Crippen molar-refractivity contribution >= 4 is 58.5 Å². The van der Waals surface area contributed by atoms with E-state index in [1.54, 1.807) is 18.2 Å². The third-order valence-corrected chi connectivity index (χ3v) is 5.56. The number of carbonyl (C=O) groups excluding carboxylic acids is 2. The number of benzene rings is 2. The predicted octanol–water partition coefficient (Wildman–Crippen LogP) is 4.75. The number of hydrogen-bond donors (Lipinski definition) is 2. The molecule has 7 nitrogen and oxygen atoms in total. The Bertz CT molecular complexity index is 1350. The first kappa shape index (κ1) is 22.4. The second-order valence-corrected chi connectivity index (χ2v) is 8.30. The highest BCUT2D eigenvalue weighted by Gasteiger charge is 2.35. The first-order chi connectivity index (χ1) is 15.6. The minimum absolute atomic E-state index is 0.000413. The summed E-state index contributed by atoms with van der Waals surface area (Å²) in [5.74, 6) is -1.68. The van der Waals surface area contributed by atoms with Crippen LogP contribution in [0, 0.1) is 13.8 Å². The summed E-state index contributed by atoms with van der Waals surface area (Å²) < 4.78 is 5.76. The molecule has 2 amide bonds. The van der Waals surface area contributed by atoms with Crippen LogP contribution in [0.1, 0.15) is 27.2 Å². The molecule has 33 heavy (non-hydrogen) atoms. The molecule has 4 rings (SSSR count). The van der Waals surface area contributed by atoms with Gasteiger partial charge in [0.05, 0.1) is 16.3 Å². The number of carbonyl (C=O) groups is 3. The van der Waals surface area contributed by atoms with Crippen LogP contribution in [0.4, 0.5) is 5.69 Å². The fourth-order valence-electron chi connectivity index (χ4n) is 3.54. The lowest BCUT2D eigenvalue weighted by Crippen LogP contribution is -2.54. The molecule has 1 fully saturated rings. The Balaban J connectivity index is 1.67. The van der Waals surface area contributed by atoms with E-state index >= 15 is 0 Å². The zero-order valence-electron chi connectivity index (χ0n) is 17.5. The number of anilines is 1. The van der Waals surface area contributed by atoms with Crippen molar-refractivity contribution in [2.24, 2.45) is 0 Å². The van der Waals surface area contributed by atoms with Crippen molar-refractivity contribution in [3.63, 3.8) is 0 Å². The lowest BCUT2D eigenvalue weighted by molar-refractivity contribution is -0.122. The van der Waals surface area contributed by atoms with E-state index in [-0.39, 0.29) is 27.0 Å². The normalized spacial score (nSPS) is 15.2. The summed E-state index contributed by atoms with van der Waals surface area (Å²) in [5.41, 5.74) is 2.84. The summed E-state index contributed by atoms with van der Waals surface area (Å²) >= 11 is 11.3. The second kappa shape index (κ2) is 8.65. The van der Waals surface area contributed by atoms with Gasteiger partial charge in [0.15, 0.2) is 5.11 Å². The number of furan rings is 1. The van der Waals surface area contributed by atoms with E-state index in [9.17, 15) is 14.4 Å². The van der Waals surface area contributed by atoms with Crippen LogP contribution in [-0.2, 0) is 9.59 Å². The molecule has 166 valence electrons. The quantitative estimate of drug-likeness (QED) is 0.317. The number of nitrogens with zero attached hydrogens (tertiary/aromatic N) is 1. The number of carboxylic acid groups (broad SMARTS) is 1. The van der Waals surface area contributed by atoms with Crippen molar-refractivity contribution < 1.29 is 23.9 Å². The Kier molecular flexibility index (Phi) is 5.88. The van der Waals surface area contributed by atoms with Gasteiger partial charge in [-0.2, -0.15) is 0 Å². The first-order valence-electron chi connectivity index (χ1n) is 9.77. The Morgan fingerprint density at radius 2 is 1.79 bits per heavy atom. The van der Waals surface area contributed by atoms with Gasteiger partial charge in [0.25, 0.3) is 11.8 Å². The molecule has 0 radical (unpaired) electrons. The van der Waals surface area contributed by atoms with E-state index in [1.165, 1.54) is 23.1 Å². The van der Waals surface area contributed by atoms with Gasteiger partial charge in [-0.15, -0.1) is 0 Å². The molecule has 0 aliphatic carbocycles. The topological polar surface area (TPSA) is 99.8 Å². The van der Waals surface area contributed by atoms with Gasteiger partial charge in [0.1, 0.15) is 17.1 Å². The summed E-state index contributed by atoms with van der Waals surface area (Å²) in [4.78, 5) is 38.1. The lowest BCUT2D eigenvalue weighted by Gasteiger charge is -2.29. The van der Waals surface area contributed by atoms with Gasteiger partial charge in [-0.05, 0) is 79.7 Å². The average Bonchev–Trinajstić information content (AvgIpc) is 3.18.